The number of amides is 1. The normalized spacial score (nSPS) is 14.5. The average Bonchev–Trinajstić information content (AvgIpc) is 2.61. The number of hydrogen-bond acceptors (Lipinski definition) is 5. The highest BCUT2D eigenvalue weighted by atomic mass is 32.2. The molecule has 138 valence electrons. The first-order valence-corrected chi connectivity index (χ1v) is 9.68. The van der Waals surface area contributed by atoms with Crippen molar-refractivity contribution in [2.75, 3.05) is 13.2 Å². The van der Waals surface area contributed by atoms with Gasteiger partial charge >= 0.3 is 0 Å². The lowest BCUT2D eigenvalue weighted by molar-refractivity contribution is -0.121. The van der Waals surface area contributed by atoms with Gasteiger partial charge in [-0.2, -0.15) is 0 Å². The van der Waals surface area contributed by atoms with Crippen LogP contribution in [-0.4, -0.2) is 27.5 Å². The van der Waals surface area contributed by atoms with E-state index < -0.39 is 10.0 Å². The number of hydrogen-bond donors (Lipinski definition) is 2. The summed E-state index contributed by atoms with van der Waals surface area (Å²) in [4.78, 5) is 12.3. The van der Waals surface area contributed by atoms with Gasteiger partial charge in [-0.05, 0) is 42.3 Å². The largest absolute Gasteiger partial charge is 0.486 e. The van der Waals surface area contributed by atoms with Gasteiger partial charge in [-0.15, -0.1) is 0 Å². The molecule has 0 aromatic heterocycles. The van der Waals surface area contributed by atoms with Crippen LogP contribution in [0.2, 0.25) is 0 Å². The Morgan fingerprint density at radius 2 is 1.77 bits per heavy atom. The van der Waals surface area contributed by atoms with E-state index in [1.54, 1.807) is 24.3 Å². The van der Waals surface area contributed by atoms with Gasteiger partial charge in [0.05, 0.1) is 17.4 Å². The van der Waals surface area contributed by atoms with Crippen molar-refractivity contribution in [3.05, 3.63) is 53.6 Å². The van der Waals surface area contributed by atoms with Crippen LogP contribution < -0.4 is 19.9 Å². The standard InChI is InChI=1S/C18H20N2O5S/c1-12(14-3-5-15(6-4-14)26(19,22)23)20-18(21)11-13-2-7-16-17(10-13)25-9-8-24-16/h2-7,10,12H,8-9,11H2,1H3,(H,20,21)(H2,19,22,23). The van der Waals surface area contributed by atoms with Crippen LogP contribution in [0.15, 0.2) is 47.4 Å². The summed E-state index contributed by atoms with van der Waals surface area (Å²) in [7, 11) is -3.73. The van der Waals surface area contributed by atoms with Crippen LogP contribution in [0.3, 0.4) is 0 Å². The lowest BCUT2D eigenvalue weighted by Gasteiger charge is -2.19. The highest BCUT2D eigenvalue weighted by molar-refractivity contribution is 7.89. The maximum absolute atomic E-state index is 12.3. The first-order chi connectivity index (χ1) is 12.3. The summed E-state index contributed by atoms with van der Waals surface area (Å²) in [5, 5.41) is 7.97. The molecule has 7 nitrogen and oxygen atoms in total. The summed E-state index contributed by atoms with van der Waals surface area (Å²) >= 11 is 0. The lowest BCUT2D eigenvalue weighted by atomic mass is 10.1. The summed E-state index contributed by atoms with van der Waals surface area (Å²) in [6.45, 7) is 2.84. The van der Waals surface area contributed by atoms with Crippen molar-refractivity contribution >= 4 is 15.9 Å². The SMILES string of the molecule is CC(NC(=O)Cc1ccc2c(c1)OCCO2)c1ccc(S(N)(=O)=O)cc1. The summed E-state index contributed by atoms with van der Waals surface area (Å²) in [6.07, 6.45) is 0.205. The molecule has 1 amide bonds. The summed E-state index contributed by atoms with van der Waals surface area (Å²) in [5.74, 6) is 1.18. The molecule has 2 aromatic carbocycles. The highest BCUT2D eigenvalue weighted by Crippen LogP contribution is 2.30. The smallest absolute Gasteiger partial charge is 0.238 e. The van der Waals surface area contributed by atoms with Gasteiger partial charge in [0.15, 0.2) is 11.5 Å². The van der Waals surface area contributed by atoms with Crippen LogP contribution in [0.5, 0.6) is 11.5 Å². The fourth-order valence-electron chi connectivity index (χ4n) is 2.71. The predicted octanol–water partition coefficient (Wildman–Crippen LogP) is 1.53. The first kappa shape index (κ1) is 18.2. The van der Waals surface area contributed by atoms with E-state index in [0.717, 1.165) is 11.1 Å². The Bertz CT molecular complexity index is 910. The third kappa shape index (κ3) is 4.33. The van der Waals surface area contributed by atoms with Crippen LogP contribution in [0.1, 0.15) is 24.1 Å². The van der Waals surface area contributed by atoms with E-state index in [9.17, 15) is 13.2 Å². The first-order valence-electron chi connectivity index (χ1n) is 8.13. The Morgan fingerprint density at radius 1 is 1.12 bits per heavy atom. The monoisotopic (exact) mass is 376 g/mol. The number of fused-ring (bicyclic) bond motifs is 1. The Labute approximate surface area is 152 Å². The molecule has 3 N–H and O–H groups in total. The number of nitrogens with one attached hydrogen (secondary N) is 1. The number of rotatable bonds is 5. The fraction of sp³-hybridized carbons (Fsp3) is 0.278. The van der Waals surface area contributed by atoms with Crippen molar-refractivity contribution in [1.82, 2.24) is 5.32 Å². The third-order valence-corrected chi connectivity index (χ3v) is 4.99. The van der Waals surface area contributed by atoms with Crippen LogP contribution in [0.4, 0.5) is 0 Å². The second kappa shape index (κ2) is 7.35. The third-order valence-electron chi connectivity index (χ3n) is 4.06. The number of primary sulfonamides is 1. The van der Waals surface area contributed by atoms with Crippen molar-refractivity contribution in [2.24, 2.45) is 5.14 Å². The molecule has 1 heterocycles. The van der Waals surface area contributed by atoms with E-state index in [2.05, 4.69) is 5.32 Å². The molecule has 26 heavy (non-hydrogen) atoms. The van der Waals surface area contributed by atoms with Crippen LogP contribution in [-0.2, 0) is 21.2 Å². The zero-order chi connectivity index (χ0) is 18.7. The topological polar surface area (TPSA) is 108 Å². The van der Waals surface area contributed by atoms with Crippen molar-refractivity contribution < 1.29 is 22.7 Å². The quantitative estimate of drug-likeness (QED) is 0.823. The fourth-order valence-corrected chi connectivity index (χ4v) is 3.22. The molecule has 0 saturated carbocycles. The minimum Gasteiger partial charge on any atom is -0.486 e. The molecule has 3 rings (SSSR count). The van der Waals surface area contributed by atoms with Gasteiger partial charge in [0.2, 0.25) is 15.9 Å². The van der Waals surface area contributed by atoms with Crippen LogP contribution >= 0.6 is 0 Å². The van der Waals surface area contributed by atoms with Gasteiger partial charge in [0.1, 0.15) is 13.2 Å². The number of carbonyl (C=O) groups is 1. The predicted molar refractivity (Wildman–Crippen MR) is 95.5 cm³/mol. The molecule has 1 unspecified atom stereocenters. The maximum atomic E-state index is 12.3. The summed E-state index contributed by atoms with van der Waals surface area (Å²) in [5.41, 5.74) is 1.61. The molecule has 1 aliphatic rings. The van der Waals surface area contributed by atoms with Gasteiger partial charge < -0.3 is 14.8 Å². The number of sulfonamides is 1. The van der Waals surface area contributed by atoms with Gasteiger partial charge in [0.25, 0.3) is 0 Å². The van der Waals surface area contributed by atoms with E-state index in [0.29, 0.717) is 24.7 Å². The van der Waals surface area contributed by atoms with Crippen molar-refractivity contribution in [2.45, 2.75) is 24.3 Å². The second-order valence-corrected chi connectivity index (χ2v) is 7.62. The number of ether oxygens (including phenoxy) is 2. The Morgan fingerprint density at radius 3 is 2.42 bits per heavy atom. The van der Waals surface area contributed by atoms with E-state index in [4.69, 9.17) is 14.6 Å². The maximum Gasteiger partial charge on any atom is 0.238 e. The minimum atomic E-state index is -3.73. The highest BCUT2D eigenvalue weighted by Gasteiger charge is 2.15. The minimum absolute atomic E-state index is 0.0380. The molecule has 0 spiro atoms. The molecule has 0 aliphatic carbocycles. The number of benzene rings is 2. The second-order valence-electron chi connectivity index (χ2n) is 6.06. The van der Waals surface area contributed by atoms with Crippen LogP contribution in [0, 0.1) is 0 Å². The average molecular weight is 376 g/mol. The van der Waals surface area contributed by atoms with Crippen molar-refractivity contribution in [1.29, 1.82) is 0 Å². The summed E-state index contributed by atoms with van der Waals surface area (Å²) < 4.78 is 33.6. The van der Waals surface area contributed by atoms with Crippen molar-refractivity contribution in [3.63, 3.8) is 0 Å². The zero-order valence-electron chi connectivity index (χ0n) is 14.3. The van der Waals surface area contributed by atoms with Gasteiger partial charge in [-0.1, -0.05) is 18.2 Å². The van der Waals surface area contributed by atoms with Crippen LogP contribution in [0.25, 0.3) is 0 Å². The van der Waals surface area contributed by atoms with E-state index >= 15 is 0 Å². The molecule has 8 heteroatoms. The van der Waals surface area contributed by atoms with E-state index in [-0.39, 0.29) is 23.3 Å². The Kier molecular flexibility index (Phi) is 5.15. The lowest BCUT2D eigenvalue weighted by Crippen LogP contribution is -2.28. The molecule has 2 aromatic rings. The molecule has 1 aliphatic heterocycles. The van der Waals surface area contributed by atoms with E-state index in [1.807, 2.05) is 13.0 Å². The molecule has 0 bridgehead atoms. The summed E-state index contributed by atoms with van der Waals surface area (Å²) in [6, 6.07) is 11.3. The number of nitrogens with two attached hydrogens (primary N) is 1. The number of carbonyl (C=O) groups excluding carboxylic acids is 1. The molecule has 1 atom stereocenters. The molecule has 0 fully saturated rings. The van der Waals surface area contributed by atoms with E-state index in [1.165, 1.54) is 12.1 Å². The molecule has 0 radical (unpaired) electrons. The van der Waals surface area contributed by atoms with Crippen molar-refractivity contribution in [3.8, 4) is 11.5 Å². The molecular weight excluding hydrogens is 356 g/mol. The Balaban J connectivity index is 1.62. The zero-order valence-corrected chi connectivity index (χ0v) is 15.1. The van der Waals surface area contributed by atoms with Gasteiger partial charge in [0, 0.05) is 0 Å². The molecule has 0 saturated heterocycles. The Hall–Kier alpha value is -2.58. The molecular formula is C18H20N2O5S. The van der Waals surface area contributed by atoms with Gasteiger partial charge in [-0.25, -0.2) is 13.6 Å². The van der Waals surface area contributed by atoms with Gasteiger partial charge in [-0.3, -0.25) is 4.79 Å².